The first-order chi connectivity index (χ1) is 11.2. The molecule has 0 bridgehead atoms. The van der Waals surface area contributed by atoms with Gasteiger partial charge in [0.05, 0.1) is 10.6 Å². The Kier molecular flexibility index (Phi) is 5.20. The summed E-state index contributed by atoms with van der Waals surface area (Å²) in [5.41, 5.74) is 1.63. The lowest BCUT2D eigenvalue weighted by Gasteiger charge is -2.14. The molecule has 0 aliphatic heterocycles. The van der Waals surface area contributed by atoms with Crippen molar-refractivity contribution >= 4 is 21.4 Å². The number of rotatable bonds is 6. The van der Waals surface area contributed by atoms with E-state index in [2.05, 4.69) is 4.72 Å². The molecule has 0 spiro atoms. The third-order valence-corrected chi connectivity index (χ3v) is 4.81. The highest BCUT2D eigenvalue weighted by atomic mass is 32.2. The quantitative estimate of drug-likeness (QED) is 0.639. The molecule has 24 heavy (non-hydrogen) atoms. The van der Waals surface area contributed by atoms with Gasteiger partial charge in [-0.05, 0) is 44.3 Å². The van der Waals surface area contributed by atoms with Crippen LogP contribution in [0.3, 0.4) is 0 Å². The summed E-state index contributed by atoms with van der Waals surface area (Å²) in [4.78, 5) is 12.0. The van der Waals surface area contributed by atoms with Crippen molar-refractivity contribution in [3.05, 3.63) is 63.7 Å². The molecule has 0 aliphatic rings. The molecule has 2 rings (SSSR count). The monoisotopic (exact) mass is 349 g/mol. The average Bonchev–Trinajstić information content (AvgIpc) is 2.50. The maximum atomic E-state index is 12.6. The highest BCUT2D eigenvalue weighted by Gasteiger charge is 2.25. The van der Waals surface area contributed by atoms with E-state index in [-0.39, 0.29) is 4.90 Å². The number of hydrogen-bond donors (Lipinski definition) is 1. The van der Waals surface area contributed by atoms with Crippen LogP contribution >= 0.6 is 0 Å². The van der Waals surface area contributed by atoms with Gasteiger partial charge in [-0.1, -0.05) is 24.3 Å². The van der Waals surface area contributed by atoms with E-state index in [0.29, 0.717) is 12.2 Å². The highest BCUT2D eigenvalue weighted by molar-refractivity contribution is 7.92. The number of nitrogens with zero attached hydrogens (tertiary/aromatic N) is 2. The molecule has 7 nitrogen and oxygen atoms in total. The molecule has 2 aromatic carbocycles. The minimum Gasteiger partial charge on any atom is -0.305 e. The Morgan fingerprint density at radius 2 is 1.83 bits per heavy atom. The predicted octanol–water partition coefficient (Wildman–Crippen LogP) is 2.77. The molecule has 0 radical (unpaired) electrons. The summed E-state index contributed by atoms with van der Waals surface area (Å²) >= 11 is 0. The Morgan fingerprint density at radius 1 is 1.17 bits per heavy atom. The van der Waals surface area contributed by atoms with Gasteiger partial charge in [-0.15, -0.1) is 0 Å². The van der Waals surface area contributed by atoms with Crippen molar-refractivity contribution in [2.45, 2.75) is 18.4 Å². The summed E-state index contributed by atoms with van der Waals surface area (Å²) < 4.78 is 27.6. The summed E-state index contributed by atoms with van der Waals surface area (Å²) in [7, 11) is -0.235. The van der Waals surface area contributed by atoms with Crippen LogP contribution in [0.5, 0.6) is 0 Å². The van der Waals surface area contributed by atoms with Crippen molar-refractivity contribution in [3.63, 3.8) is 0 Å². The lowest BCUT2D eigenvalue weighted by atomic mass is 10.1. The van der Waals surface area contributed by atoms with Gasteiger partial charge < -0.3 is 4.90 Å². The second-order valence-electron chi connectivity index (χ2n) is 5.72. The summed E-state index contributed by atoms with van der Waals surface area (Å²) in [5.74, 6) is 0. The van der Waals surface area contributed by atoms with Crippen molar-refractivity contribution in [1.29, 1.82) is 0 Å². The third kappa shape index (κ3) is 4.09. The topological polar surface area (TPSA) is 92.6 Å². The van der Waals surface area contributed by atoms with E-state index in [1.807, 2.05) is 31.1 Å². The summed E-state index contributed by atoms with van der Waals surface area (Å²) in [6.45, 7) is 2.43. The van der Waals surface area contributed by atoms with E-state index in [4.69, 9.17) is 0 Å². The zero-order chi connectivity index (χ0) is 17.9. The first-order valence-corrected chi connectivity index (χ1v) is 8.69. The number of nitrogens with one attached hydrogen (secondary N) is 1. The lowest BCUT2D eigenvalue weighted by Crippen LogP contribution is -2.16. The van der Waals surface area contributed by atoms with Crippen LogP contribution in [0.25, 0.3) is 0 Å². The van der Waals surface area contributed by atoms with Crippen LogP contribution in [0.1, 0.15) is 11.1 Å². The second kappa shape index (κ2) is 6.98. The number of sulfonamides is 1. The number of anilines is 1. The number of nitro benzene ring substituents is 1. The van der Waals surface area contributed by atoms with Crippen molar-refractivity contribution in [3.8, 4) is 0 Å². The molecule has 0 unspecified atom stereocenters. The molecule has 0 fully saturated rings. The highest BCUT2D eigenvalue weighted by Crippen LogP contribution is 2.27. The molecule has 0 aliphatic carbocycles. The first-order valence-electron chi connectivity index (χ1n) is 7.21. The van der Waals surface area contributed by atoms with Gasteiger partial charge in [-0.2, -0.15) is 0 Å². The first kappa shape index (κ1) is 17.9. The number of nitro groups is 1. The zero-order valence-corrected chi connectivity index (χ0v) is 14.5. The largest absolute Gasteiger partial charge is 0.305 e. The lowest BCUT2D eigenvalue weighted by molar-refractivity contribution is -0.387. The Labute approximate surface area is 141 Å². The van der Waals surface area contributed by atoms with Crippen LogP contribution in [0, 0.1) is 17.0 Å². The average molecular weight is 349 g/mol. The summed E-state index contributed by atoms with van der Waals surface area (Å²) in [5, 5.41) is 11.1. The Bertz CT molecular complexity index is 863. The molecule has 0 aromatic heterocycles. The van der Waals surface area contributed by atoms with Gasteiger partial charge in [0.2, 0.25) is 0 Å². The van der Waals surface area contributed by atoms with Gasteiger partial charge >= 0.3 is 0 Å². The van der Waals surface area contributed by atoms with E-state index in [0.717, 1.165) is 11.1 Å². The molecule has 0 heterocycles. The fourth-order valence-corrected chi connectivity index (χ4v) is 3.57. The number of hydrogen-bond acceptors (Lipinski definition) is 5. The van der Waals surface area contributed by atoms with E-state index < -0.39 is 20.6 Å². The number of aryl methyl sites for hydroxylation is 1. The smallest absolute Gasteiger partial charge is 0.289 e. The molecular formula is C16H19N3O4S. The Hall–Kier alpha value is -2.45. The molecule has 2 aromatic rings. The molecule has 1 N–H and O–H groups in total. The van der Waals surface area contributed by atoms with Crippen molar-refractivity contribution < 1.29 is 13.3 Å². The molecule has 8 heteroatoms. The predicted molar refractivity (Wildman–Crippen MR) is 92.5 cm³/mol. The van der Waals surface area contributed by atoms with Crippen molar-refractivity contribution in [2.75, 3.05) is 18.8 Å². The zero-order valence-electron chi connectivity index (χ0n) is 13.7. The maximum Gasteiger partial charge on any atom is 0.289 e. The van der Waals surface area contributed by atoms with Crippen LogP contribution in [-0.4, -0.2) is 32.3 Å². The summed E-state index contributed by atoms with van der Waals surface area (Å²) in [6, 6.07) is 10.7. The van der Waals surface area contributed by atoms with E-state index >= 15 is 0 Å². The van der Waals surface area contributed by atoms with Crippen LogP contribution in [0.2, 0.25) is 0 Å². The van der Waals surface area contributed by atoms with Crippen LogP contribution in [0.15, 0.2) is 47.4 Å². The van der Waals surface area contributed by atoms with Gasteiger partial charge in [0.25, 0.3) is 15.7 Å². The molecule has 128 valence electrons. The Balaban J connectivity index is 2.42. The van der Waals surface area contributed by atoms with Gasteiger partial charge in [0.1, 0.15) is 0 Å². The van der Waals surface area contributed by atoms with Gasteiger partial charge in [0.15, 0.2) is 4.90 Å². The normalized spacial score (nSPS) is 11.5. The van der Waals surface area contributed by atoms with Crippen LogP contribution in [0.4, 0.5) is 11.4 Å². The standard InChI is InChI=1S/C16H19N3O4S/c1-12-8-9-13(11-18(2)3)10-14(12)17-24(22,23)16-7-5-4-6-15(16)19(20)21/h4-10,17H,11H2,1-3H3. The molecular weight excluding hydrogens is 330 g/mol. The second-order valence-corrected chi connectivity index (χ2v) is 7.37. The molecule has 0 atom stereocenters. The van der Waals surface area contributed by atoms with Gasteiger partial charge in [-0.25, -0.2) is 8.42 Å². The minimum absolute atomic E-state index is 0.354. The van der Waals surface area contributed by atoms with Crippen molar-refractivity contribution in [1.82, 2.24) is 4.90 Å². The SMILES string of the molecule is Cc1ccc(CN(C)C)cc1NS(=O)(=O)c1ccccc1[N+](=O)[O-]. The van der Waals surface area contributed by atoms with Gasteiger partial charge in [-0.3, -0.25) is 14.8 Å². The van der Waals surface area contributed by atoms with E-state index in [1.165, 1.54) is 24.3 Å². The minimum atomic E-state index is -4.06. The summed E-state index contributed by atoms with van der Waals surface area (Å²) in [6.07, 6.45) is 0. The maximum absolute atomic E-state index is 12.6. The molecule has 0 amide bonds. The van der Waals surface area contributed by atoms with Crippen molar-refractivity contribution in [2.24, 2.45) is 0 Å². The van der Waals surface area contributed by atoms with Crippen LogP contribution < -0.4 is 4.72 Å². The molecule has 0 saturated heterocycles. The number of para-hydroxylation sites is 1. The third-order valence-electron chi connectivity index (χ3n) is 3.40. The van der Waals surface area contributed by atoms with Crippen LogP contribution in [-0.2, 0) is 16.6 Å². The fourth-order valence-electron chi connectivity index (χ4n) is 2.28. The number of benzene rings is 2. The molecule has 0 saturated carbocycles. The Morgan fingerprint density at radius 3 is 2.46 bits per heavy atom. The van der Waals surface area contributed by atoms with Gasteiger partial charge in [0, 0.05) is 12.6 Å². The van der Waals surface area contributed by atoms with E-state index in [1.54, 1.807) is 13.0 Å². The fraction of sp³-hybridized carbons (Fsp3) is 0.250. The van der Waals surface area contributed by atoms with E-state index in [9.17, 15) is 18.5 Å².